The lowest BCUT2D eigenvalue weighted by Crippen LogP contribution is -2.40. The lowest BCUT2D eigenvalue weighted by Gasteiger charge is -2.32. The van der Waals surface area contributed by atoms with Gasteiger partial charge in [-0.15, -0.1) is 0 Å². The first-order valence-corrected chi connectivity index (χ1v) is 18.3. The lowest BCUT2D eigenvalue weighted by atomic mass is 9.80. The highest BCUT2D eigenvalue weighted by Crippen LogP contribution is 2.48. The van der Waals surface area contributed by atoms with Gasteiger partial charge in [-0.2, -0.15) is 0 Å². The summed E-state index contributed by atoms with van der Waals surface area (Å²) in [6.45, 7) is 20.6. The minimum absolute atomic E-state index is 0.00534. The number of rotatable bonds is 11. The van der Waals surface area contributed by atoms with Gasteiger partial charge in [0.15, 0.2) is 0 Å². The van der Waals surface area contributed by atoms with E-state index >= 15 is 0 Å². The van der Waals surface area contributed by atoms with E-state index in [9.17, 15) is 0 Å². The Morgan fingerprint density at radius 2 is 1.53 bits per heavy atom. The van der Waals surface area contributed by atoms with Crippen molar-refractivity contribution < 1.29 is 4.74 Å². The van der Waals surface area contributed by atoms with Crippen LogP contribution in [-0.4, -0.2) is 25.7 Å². The van der Waals surface area contributed by atoms with Crippen molar-refractivity contribution in [2.75, 3.05) is 29.4 Å². The fourth-order valence-electron chi connectivity index (χ4n) is 8.15. The van der Waals surface area contributed by atoms with Crippen LogP contribution in [0, 0.1) is 0 Å². The van der Waals surface area contributed by atoms with Gasteiger partial charge in [-0.05, 0) is 95.9 Å². The van der Waals surface area contributed by atoms with Crippen LogP contribution in [-0.2, 0) is 10.8 Å². The van der Waals surface area contributed by atoms with Gasteiger partial charge in [0.25, 0.3) is 0 Å². The summed E-state index contributed by atoms with van der Waals surface area (Å²) in [5, 5.41) is 0. The predicted octanol–water partition coefficient (Wildman–Crippen LogP) is 10.6. The third-order valence-electron chi connectivity index (χ3n) is 10.8. The van der Waals surface area contributed by atoms with Gasteiger partial charge < -0.3 is 20.3 Å². The fraction of sp³-hybridized carbons (Fsp3) is 0.378. The van der Waals surface area contributed by atoms with E-state index in [2.05, 4.69) is 155 Å². The smallest absolute Gasteiger partial charge is 0.133 e. The second-order valence-corrected chi connectivity index (χ2v) is 14.9. The lowest BCUT2D eigenvalue weighted by molar-refractivity contribution is 0.415. The van der Waals surface area contributed by atoms with Gasteiger partial charge in [0.2, 0.25) is 0 Å². The van der Waals surface area contributed by atoms with Gasteiger partial charge in [0.1, 0.15) is 11.5 Å². The van der Waals surface area contributed by atoms with Crippen LogP contribution in [0.4, 0.5) is 11.4 Å². The van der Waals surface area contributed by atoms with E-state index in [1.54, 1.807) is 0 Å². The Morgan fingerprint density at radius 1 is 0.857 bits per heavy atom. The number of para-hydroxylation sites is 2. The average Bonchev–Trinajstić information content (AvgIpc) is 3.45. The Balaban J connectivity index is 1.42. The Labute approximate surface area is 295 Å². The van der Waals surface area contributed by atoms with Crippen molar-refractivity contribution in [2.45, 2.75) is 90.5 Å². The second-order valence-electron chi connectivity index (χ2n) is 14.9. The van der Waals surface area contributed by atoms with Gasteiger partial charge in [0, 0.05) is 47.5 Å². The minimum Gasteiger partial charge on any atom is -0.457 e. The molecule has 2 aliphatic heterocycles. The molecule has 49 heavy (non-hydrogen) atoms. The van der Waals surface area contributed by atoms with E-state index in [0.29, 0.717) is 6.54 Å². The quantitative estimate of drug-likeness (QED) is 0.224. The van der Waals surface area contributed by atoms with Crippen molar-refractivity contribution in [1.29, 1.82) is 0 Å². The summed E-state index contributed by atoms with van der Waals surface area (Å²) in [4.78, 5) is 5.12. The van der Waals surface area contributed by atoms with Crippen LogP contribution in [0.2, 0.25) is 0 Å². The molecule has 0 saturated carbocycles. The summed E-state index contributed by atoms with van der Waals surface area (Å²) in [5.74, 6) is 1.81. The summed E-state index contributed by atoms with van der Waals surface area (Å²) in [7, 11) is 0. The number of hydrogen-bond donors (Lipinski definition) is 1. The third-order valence-corrected chi connectivity index (χ3v) is 10.8. The number of ether oxygens (including phenoxy) is 1. The molecule has 0 saturated heterocycles. The first-order valence-electron chi connectivity index (χ1n) is 18.3. The molecule has 2 heterocycles. The zero-order chi connectivity index (χ0) is 34.8. The molecule has 0 aromatic heterocycles. The number of nitrogens with two attached hydrogens (primary N) is 1. The molecule has 0 radical (unpaired) electrons. The highest BCUT2D eigenvalue weighted by Gasteiger charge is 2.43. The molecule has 3 aliphatic rings. The highest BCUT2D eigenvalue weighted by atomic mass is 16.5. The molecule has 6 rings (SSSR count). The van der Waals surface area contributed by atoms with Crippen molar-refractivity contribution >= 4 is 16.9 Å². The van der Waals surface area contributed by atoms with Gasteiger partial charge in [-0.3, -0.25) is 0 Å². The summed E-state index contributed by atoms with van der Waals surface area (Å²) in [6, 6.07) is 26.3. The van der Waals surface area contributed by atoms with Gasteiger partial charge in [-0.1, -0.05) is 115 Å². The van der Waals surface area contributed by atoms with Gasteiger partial charge in [-0.25, -0.2) is 0 Å². The average molecular weight is 654 g/mol. The number of fused-ring (bicyclic) bond motifs is 2. The molecular formula is C45H55N3O. The fourth-order valence-corrected chi connectivity index (χ4v) is 8.15. The van der Waals surface area contributed by atoms with Crippen molar-refractivity contribution in [3.63, 3.8) is 0 Å². The number of benzene rings is 3. The third kappa shape index (κ3) is 6.56. The minimum atomic E-state index is -0.0853. The molecule has 3 aromatic carbocycles. The molecule has 1 aliphatic carbocycles. The molecule has 0 spiro atoms. The van der Waals surface area contributed by atoms with Gasteiger partial charge in [0.05, 0.1) is 6.04 Å². The topological polar surface area (TPSA) is 41.7 Å². The second kappa shape index (κ2) is 14.3. The maximum absolute atomic E-state index is 6.90. The Morgan fingerprint density at radius 3 is 2.22 bits per heavy atom. The standard InChI is InChI=1S/C45H55N3O/c1-8-29-47-39-19-12-10-17-37(39)44(4,5)41(47)27-23-34-15-14-16-35(43(34)49-36-25-21-33(22-26-36)32(3)31-46)24-28-42-45(6,7)38-18-11-13-20-40(38)48(42)30-9-2/h10-13,17-28,41H,3,8-9,14-16,29-31,46H2,1-2,4-7H3/b27-23+,35-24+,42-28+. The molecule has 1 unspecified atom stereocenters. The summed E-state index contributed by atoms with van der Waals surface area (Å²) < 4.78 is 6.90. The Kier molecular flexibility index (Phi) is 10.1. The van der Waals surface area contributed by atoms with Crippen LogP contribution in [0.1, 0.15) is 90.3 Å². The Hall–Kier alpha value is -4.28. The van der Waals surface area contributed by atoms with E-state index in [4.69, 9.17) is 10.5 Å². The molecule has 2 N–H and O–H groups in total. The van der Waals surface area contributed by atoms with Crippen LogP contribution >= 0.6 is 0 Å². The molecule has 1 atom stereocenters. The maximum Gasteiger partial charge on any atom is 0.133 e. The number of allylic oxidation sites excluding steroid dienone is 6. The predicted molar refractivity (Wildman–Crippen MR) is 209 cm³/mol. The molecule has 256 valence electrons. The molecule has 0 amide bonds. The molecule has 3 aromatic rings. The molecule has 0 fully saturated rings. The van der Waals surface area contributed by atoms with Crippen molar-refractivity contribution in [2.24, 2.45) is 5.73 Å². The van der Waals surface area contributed by atoms with Crippen LogP contribution < -0.4 is 20.3 Å². The van der Waals surface area contributed by atoms with Crippen LogP contribution in [0.15, 0.2) is 126 Å². The molecule has 4 heteroatoms. The number of hydrogen-bond acceptors (Lipinski definition) is 4. The van der Waals surface area contributed by atoms with E-state index in [0.717, 1.165) is 67.8 Å². The summed E-state index contributed by atoms with van der Waals surface area (Å²) in [5.41, 5.74) is 17.1. The first kappa shape index (κ1) is 34.6. The number of nitrogens with zero attached hydrogens (tertiary/aromatic N) is 2. The molecule has 4 nitrogen and oxygen atoms in total. The first-order chi connectivity index (χ1) is 23.6. The van der Waals surface area contributed by atoms with Crippen molar-refractivity contribution in [3.05, 3.63) is 143 Å². The van der Waals surface area contributed by atoms with Crippen LogP contribution in [0.5, 0.6) is 5.75 Å². The van der Waals surface area contributed by atoms with Crippen LogP contribution in [0.3, 0.4) is 0 Å². The maximum atomic E-state index is 6.90. The molecule has 0 bridgehead atoms. The normalized spacial score (nSPS) is 21.2. The summed E-state index contributed by atoms with van der Waals surface area (Å²) >= 11 is 0. The monoisotopic (exact) mass is 653 g/mol. The van der Waals surface area contributed by atoms with Crippen LogP contribution in [0.25, 0.3) is 5.57 Å². The van der Waals surface area contributed by atoms with Gasteiger partial charge >= 0.3 is 0 Å². The van der Waals surface area contributed by atoms with E-state index < -0.39 is 0 Å². The molecular weight excluding hydrogens is 599 g/mol. The largest absolute Gasteiger partial charge is 0.457 e. The Bertz CT molecular complexity index is 1800. The van der Waals surface area contributed by atoms with Crippen molar-refractivity contribution in [3.8, 4) is 5.75 Å². The summed E-state index contributed by atoms with van der Waals surface area (Å²) in [6.07, 6.45) is 14.8. The number of anilines is 2. The van der Waals surface area contributed by atoms with E-state index in [-0.39, 0.29) is 16.9 Å². The zero-order valence-corrected chi connectivity index (χ0v) is 30.6. The van der Waals surface area contributed by atoms with Crippen molar-refractivity contribution in [1.82, 2.24) is 0 Å². The van der Waals surface area contributed by atoms with E-state index in [1.165, 1.54) is 39.3 Å². The SMILES string of the molecule is C=C(CN)c1ccc(OC2=C(/C=C/C3N(CCC)c4ccccc4C3(C)C)CCC/C2=C\C=C2\N(CCC)c3ccccc3C2(C)C)cc1. The highest BCUT2D eigenvalue weighted by molar-refractivity contribution is 5.71. The van der Waals surface area contributed by atoms with E-state index in [1.807, 2.05) is 0 Å². The zero-order valence-electron chi connectivity index (χ0n) is 30.6.